The number of rotatable bonds is 12. The van der Waals surface area contributed by atoms with Crippen LogP contribution >= 0.6 is 0 Å². The van der Waals surface area contributed by atoms with E-state index in [4.69, 9.17) is 9.29 Å². The SMILES string of the molecule is CCCCCCCCCCC(=O)OCCOC(=O)S(=O)(=O)O. The molecule has 0 amide bonds. The number of carbonyl (C=O) groups excluding carboxylic acids is 2. The van der Waals surface area contributed by atoms with Crippen LogP contribution in [-0.4, -0.2) is 37.5 Å². The van der Waals surface area contributed by atoms with Gasteiger partial charge in [0.2, 0.25) is 0 Å². The molecule has 0 aliphatic heterocycles. The van der Waals surface area contributed by atoms with Crippen molar-refractivity contribution in [3.63, 3.8) is 0 Å². The van der Waals surface area contributed by atoms with Crippen molar-refractivity contribution in [2.24, 2.45) is 0 Å². The summed E-state index contributed by atoms with van der Waals surface area (Å²) in [5, 5.41) is -1.74. The van der Waals surface area contributed by atoms with E-state index in [1.54, 1.807) is 0 Å². The summed E-state index contributed by atoms with van der Waals surface area (Å²) in [5.41, 5.74) is 0. The molecule has 130 valence electrons. The molecule has 0 spiro atoms. The van der Waals surface area contributed by atoms with Gasteiger partial charge in [0.1, 0.15) is 13.2 Å². The van der Waals surface area contributed by atoms with E-state index in [-0.39, 0.29) is 6.61 Å². The minimum absolute atomic E-state index is 0.225. The van der Waals surface area contributed by atoms with Gasteiger partial charge in [0.25, 0.3) is 0 Å². The number of hydrogen-bond donors (Lipinski definition) is 1. The summed E-state index contributed by atoms with van der Waals surface area (Å²) in [5.74, 6) is -0.408. The maximum atomic E-state index is 11.3. The summed E-state index contributed by atoms with van der Waals surface area (Å²) < 4.78 is 37.9. The summed E-state index contributed by atoms with van der Waals surface area (Å²) in [6.07, 6.45) is 9.29. The molecule has 0 bridgehead atoms. The molecule has 22 heavy (non-hydrogen) atoms. The van der Waals surface area contributed by atoms with Crippen LogP contribution in [0.4, 0.5) is 4.79 Å². The monoisotopic (exact) mass is 338 g/mol. The highest BCUT2D eigenvalue weighted by atomic mass is 32.2. The second-order valence-electron chi connectivity index (χ2n) is 5.02. The third-order valence-corrected chi connectivity index (χ3v) is 3.55. The predicted octanol–water partition coefficient (Wildman–Crippen LogP) is 3.08. The molecule has 0 rings (SSSR count). The largest absolute Gasteiger partial charge is 0.462 e. The van der Waals surface area contributed by atoms with Crippen LogP contribution in [0, 0.1) is 0 Å². The van der Waals surface area contributed by atoms with Crippen molar-refractivity contribution < 1.29 is 32.0 Å². The zero-order chi connectivity index (χ0) is 16.8. The zero-order valence-corrected chi connectivity index (χ0v) is 13.9. The van der Waals surface area contributed by atoms with E-state index in [1.807, 2.05) is 0 Å². The summed E-state index contributed by atoms with van der Waals surface area (Å²) in [6, 6.07) is 0. The van der Waals surface area contributed by atoms with Crippen molar-refractivity contribution in [3.8, 4) is 0 Å². The van der Waals surface area contributed by atoms with E-state index in [2.05, 4.69) is 11.7 Å². The van der Waals surface area contributed by atoms with Crippen LogP contribution in [0.5, 0.6) is 0 Å². The number of unbranched alkanes of at least 4 members (excludes halogenated alkanes) is 7. The molecule has 0 aliphatic carbocycles. The molecule has 0 saturated carbocycles. The lowest BCUT2D eigenvalue weighted by molar-refractivity contribution is -0.144. The maximum absolute atomic E-state index is 11.3. The molecule has 0 aromatic carbocycles. The van der Waals surface area contributed by atoms with Crippen molar-refractivity contribution >= 4 is 21.4 Å². The molecular formula is C14H26O7S. The molecule has 0 heterocycles. The van der Waals surface area contributed by atoms with E-state index < -0.39 is 28.0 Å². The minimum atomic E-state index is -4.83. The standard InChI is InChI=1S/C14H26O7S/c1-2-3-4-5-6-7-8-9-10-13(15)20-11-12-21-14(16)22(17,18)19/h2-12H2,1H3,(H,17,18,19). The second-order valence-corrected chi connectivity index (χ2v) is 6.30. The van der Waals surface area contributed by atoms with E-state index >= 15 is 0 Å². The molecule has 1 N–H and O–H groups in total. The highest BCUT2D eigenvalue weighted by molar-refractivity contribution is 8.00. The number of carbonyl (C=O) groups is 2. The third-order valence-electron chi connectivity index (χ3n) is 3.01. The van der Waals surface area contributed by atoms with Crippen LogP contribution in [0.2, 0.25) is 0 Å². The van der Waals surface area contributed by atoms with Gasteiger partial charge in [-0.05, 0) is 6.42 Å². The number of hydrogen-bond acceptors (Lipinski definition) is 6. The molecule has 0 fully saturated rings. The number of ether oxygens (including phenoxy) is 2. The first-order chi connectivity index (χ1) is 10.4. The summed E-state index contributed by atoms with van der Waals surface area (Å²) in [6.45, 7) is 1.55. The topological polar surface area (TPSA) is 107 Å². The van der Waals surface area contributed by atoms with E-state index in [1.165, 1.54) is 32.1 Å². The fourth-order valence-corrected chi connectivity index (χ4v) is 2.06. The van der Waals surface area contributed by atoms with E-state index in [0.29, 0.717) is 6.42 Å². The normalized spacial score (nSPS) is 11.2. The fourth-order valence-electron chi connectivity index (χ4n) is 1.83. The Labute approximate surface area is 132 Å². The van der Waals surface area contributed by atoms with Crippen molar-refractivity contribution in [2.75, 3.05) is 13.2 Å². The minimum Gasteiger partial charge on any atom is -0.462 e. The summed E-state index contributed by atoms with van der Waals surface area (Å²) in [4.78, 5) is 22.0. The summed E-state index contributed by atoms with van der Waals surface area (Å²) >= 11 is 0. The van der Waals surface area contributed by atoms with Crippen LogP contribution in [0.3, 0.4) is 0 Å². The molecule has 7 nitrogen and oxygen atoms in total. The Balaban J connectivity index is 3.42. The smallest absolute Gasteiger partial charge is 0.451 e. The highest BCUT2D eigenvalue weighted by Gasteiger charge is 2.19. The first-order valence-electron chi connectivity index (χ1n) is 7.67. The Bertz CT molecular complexity index is 417. The van der Waals surface area contributed by atoms with Gasteiger partial charge >= 0.3 is 21.4 Å². The molecular weight excluding hydrogens is 312 g/mol. The molecule has 0 unspecified atom stereocenters. The molecule has 0 saturated heterocycles. The van der Waals surface area contributed by atoms with Gasteiger partial charge in [0.05, 0.1) is 0 Å². The van der Waals surface area contributed by atoms with Crippen molar-refractivity contribution in [1.29, 1.82) is 0 Å². The van der Waals surface area contributed by atoms with Gasteiger partial charge in [-0.15, -0.1) is 0 Å². The van der Waals surface area contributed by atoms with Crippen LogP contribution in [-0.2, 0) is 24.4 Å². The lowest BCUT2D eigenvalue weighted by Crippen LogP contribution is -2.18. The van der Waals surface area contributed by atoms with Gasteiger partial charge in [-0.25, -0.2) is 4.79 Å². The maximum Gasteiger partial charge on any atom is 0.451 e. The fraction of sp³-hybridized carbons (Fsp3) is 0.857. The Morgan fingerprint density at radius 2 is 1.36 bits per heavy atom. The second kappa shape index (κ2) is 12.4. The number of esters is 1. The average molecular weight is 338 g/mol. The molecule has 0 aromatic heterocycles. The van der Waals surface area contributed by atoms with Gasteiger partial charge in [-0.2, -0.15) is 8.42 Å². The van der Waals surface area contributed by atoms with Gasteiger partial charge in [-0.1, -0.05) is 51.9 Å². The van der Waals surface area contributed by atoms with Crippen molar-refractivity contribution in [1.82, 2.24) is 0 Å². The first kappa shape index (κ1) is 20.9. The lowest BCUT2D eigenvalue weighted by Gasteiger charge is -2.05. The first-order valence-corrected chi connectivity index (χ1v) is 9.11. The van der Waals surface area contributed by atoms with Crippen LogP contribution in [0.1, 0.15) is 64.7 Å². The third kappa shape index (κ3) is 12.6. The van der Waals surface area contributed by atoms with Crippen LogP contribution in [0.15, 0.2) is 0 Å². The quantitative estimate of drug-likeness (QED) is 0.331. The van der Waals surface area contributed by atoms with Gasteiger partial charge in [0, 0.05) is 6.42 Å². The summed E-state index contributed by atoms with van der Waals surface area (Å²) in [7, 11) is -4.83. The van der Waals surface area contributed by atoms with Crippen LogP contribution < -0.4 is 0 Å². The lowest BCUT2D eigenvalue weighted by atomic mass is 10.1. The Hall–Kier alpha value is -1.15. The van der Waals surface area contributed by atoms with E-state index in [9.17, 15) is 18.0 Å². The van der Waals surface area contributed by atoms with Crippen molar-refractivity contribution in [3.05, 3.63) is 0 Å². The van der Waals surface area contributed by atoms with E-state index in [0.717, 1.165) is 19.3 Å². The molecule has 0 atom stereocenters. The molecule has 0 aliphatic rings. The van der Waals surface area contributed by atoms with Crippen LogP contribution in [0.25, 0.3) is 0 Å². The van der Waals surface area contributed by atoms with Gasteiger partial charge < -0.3 is 9.47 Å². The van der Waals surface area contributed by atoms with Crippen molar-refractivity contribution in [2.45, 2.75) is 64.7 Å². The highest BCUT2D eigenvalue weighted by Crippen LogP contribution is 2.09. The Morgan fingerprint density at radius 1 is 0.864 bits per heavy atom. The molecule has 0 aromatic rings. The molecule has 8 heteroatoms. The Kier molecular flexibility index (Phi) is 11.8. The van der Waals surface area contributed by atoms with Gasteiger partial charge in [0.15, 0.2) is 0 Å². The Morgan fingerprint density at radius 3 is 1.91 bits per heavy atom. The van der Waals surface area contributed by atoms with Gasteiger partial charge in [-0.3, -0.25) is 9.35 Å². The zero-order valence-electron chi connectivity index (χ0n) is 13.1. The molecule has 0 radical (unpaired) electrons. The average Bonchev–Trinajstić information content (AvgIpc) is 2.45. The predicted molar refractivity (Wildman–Crippen MR) is 81.1 cm³/mol.